The molecule has 9 nitrogen and oxygen atoms in total. The van der Waals surface area contributed by atoms with Crippen LogP contribution in [0, 0.1) is 0 Å². The monoisotopic (exact) mass is 529 g/mol. The Kier molecular flexibility index (Phi) is 8.39. The van der Waals surface area contributed by atoms with Gasteiger partial charge in [-0.3, -0.25) is 9.59 Å². The predicted octanol–water partition coefficient (Wildman–Crippen LogP) is 3.43. The van der Waals surface area contributed by atoms with E-state index < -0.39 is 10.0 Å². The number of hydrogen-bond donors (Lipinski definition) is 1. The van der Waals surface area contributed by atoms with Crippen molar-refractivity contribution in [3.63, 3.8) is 0 Å². The highest BCUT2D eigenvalue weighted by Gasteiger charge is 2.36. The van der Waals surface area contributed by atoms with Crippen LogP contribution in [0.5, 0.6) is 11.5 Å². The molecule has 1 heterocycles. The van der Waals surface area contributed by atoms with Gasteiger partial charge in [0.2, 0.25) is 10.0 Å². The molecule has 4 rings (SSSR count). The van der Waals surface area contributed by atoms with Crippen molar-refractivity contribution in [1.29, 1.82) is 0 Å². The Hall–Kier alpha value is -3.11. The number of nitrogens with two attached hydrogens (primary N) is 1. The van der Waals surface area contributed by atoms with E-state index in [1.807, 2.05) is 12.1 Å². The largest absolute Gasteiger partial charge is 0.496 e. The summed E-state index contributed by atoms with van der Waals surface area (Å²) >= 11 is 0. The molecule has 0 saturated heterocycles. The third kappa shape index (κ3) is 6.07. The molecular weight excluding hydrogens is 494 g/mol. The predicted molar refractivity (Wildman–Crippen MR) is 139 cm³/mol. The first-order chi connectivity index (χ1) is 17.7. The van der Waals surface area contributed by atoms with Crippen LogP contribution in [0.2, 0.25) is 0 Å². The van der Waals surface area contributed by atoms with Gasteiger partial charge in [0.25, 0.3) is 11.8 Å². The molecule has 2 aliphatic rings. The number of hydrogen-bond acceptors (Lipinski definition) is 6. The zero-order valence-electron chi connectivity index (χ0n) is 21.4. The van der Waals surface area contributed by atoms with Crippen LogP contribution >= 0.6 is 0 Å². The zero-order chi connectivity index (χ0) is 26.6. The number of nitrogens with zero attached hydrogens (tertiary/aromatic N) is 2. The summed E-state index contributed by atoms with van der Waals surface area (Å²) in [5.41, 5.74) is 0.659. The van der Waals surface area contributed by atoms with Gasteiger partial charge in [0.05, 0.1) is 29.2 Å². The first-order valence-electron chi connectivity index (χ1n) is 12.7. The summed E-state index contributed by atoms with van der Waals surface area (Å²) in [6.45, 7) is 1.07. The summed E-state index contributed by atoms with van der Waals surface area (Å²) in [6, 6.07) is 11.1. The van der Waals surface area contributed by atoms with E-state index in [4.69, 9.17) is 14.6 Å². The number of sulfonamides is 1. The summed E-state index contributed by atoms with van der Waals surface area (Å²) in [6.07, 6.45) is 5.41. The number of amides is 2. The van der Waals surface area contributed by atoms with Gasteiger partial charge in [0, 0.05) is 20.1 Å². The molecule has 2 atom stereocenters. The zero-order valence-corrected chi connectivity index (χ0v) is 22.2. The molecular formula is C27H35N3O6S. The Morgan fingerprint density at radius 2 is 1.76 bits per heavy atom. The summed E-state index contributed by atoms with van der Waals surface area (Å²) in [4.78, 5) is 30.6. The van der Waals surface area contributed by atoms with Crippen molar-refractivity contribution in [1.82, 2.24) is 9.80 Å². The van der Waals surface area contributed by atoms with Crippen molar-refractivity contribution in [2.45, 2.75) is 62.0 Å². The second-order valence-corrected chi connectivity index (χ2v) is 11.3. The molecule has 37 heavy (non-hydrogen) atoms. The standard InChI is InChI=1S/C27H35N3O6S/c1-29-16-8-3-9-17-30(27(32)21-18-19(37(28,33)34)14-15-23(21)35-2)22-11-5-7-13-25(22)36-24-12-6-4-10-20(24)26(29)31/h4,6,10,12,14-15,18,22,25H,3,5,7-9,11,13,16-17H2,1-2H3,(H2,28,33,34)/t22-,25+/m1/s1. The lowest BCUT2D eigenvalue weighted by Gasteiger charge is -2.40. The van der Waals surface area contributed by atoms with Gasteiger partial charge in [-0.15, -0.1) is 0 Å². The van der Waals surface area contributed by atoms with E-state index in [1.165, 1.54) is 25.3 Å². The molecule has 1 fully saturated rings. The Bertz CT molecular complexity index is 1250. The maximum Gasteiger partial charge on any atom is 0.258 e. The molecule has 1 aliphatic carbocycles. The average Bonchev–Trinajstić information content (AvgIpc) is 2.90. The van der Waals surface area contributed by atoms with Gasteiger partial charge < -0.3 is 19.3 Å². The van der Waals surface area contributed by atoms with Crippen LogP contribution in [0.4, 0.5) is 0 Å². The minimum atomic E-state index is -4.01. The van der Waals surface area contributed by atoms with E-state index in [2.05, 4.69) is 0 Å². The van der Waals surface area contributed by atoms with Crippen LogP contribution < -0.4 is 14.6 Å². The fourth-order valence-electron chi connectivity index (χ4n) is 5.20. The van der Waals surface area contributed by atoms with Gasteiger partial charge in [-0.25, -0.2) is 13.6 Å². The lowest BCUT2D eigenvalue weighted by molar-refractivity contribution is 0.0270. The van der Waals surface area contributed by atoms with Gasteiger partial charge in [-0.1, -0.05) is 18.6 Å². The fourth-order valence-corrected chi connectivity index (χ4v) is 5.74. The quantitative estimate of drug-likeness (QED) is 0.651. The summed E-state index contributed by atoms with van der Waals surface area (Å²) in [7, 11) is -0.768. The number of benzene rings is 2. The molecule has 2 aromatic rings. The smallest absolute Gasteiger partial charge is 0.258 e. The van der Waals surface area contributed by atoms with Gasteiger partial charge >= 0.3 is 0 Å². The van der Waals surface area contributed by atoms with Crippen LogP contribution in [0.3, 0.4) is 0 Å². The molecule has 10 heteroatoms. The number of methoxy groups -OCH3 is 1. The van der Waals surface area contributed by atoms with Crippen molar-refractivity contribution in [2.75, 3.05) is 27.2 Å². The average molecular weight is 530 g/mol. The minimum absolute atomic E-state index is 0.0836. The third-order valence-electron chi connectivity index (χ3n) is 7.19. The molecule has 2 amide bonds. The number of rotatable bonds is 3. The molecule has 200 valence electrons. The van der Waals surface area contributed by atoms with E-state index in [9.17, 15) is 18.0 Å². The van der Waals surface area contributed by atoms with Crippen LogP contribution in [0.1, 0.15) is 65.7 Å². The minimum Gasteiger partial charge on any atom is -0.496 e. The molecule has 0 spiro atoms. The topological polar surface area (TPSA) is 119 Å². The van der Waals surface area contributed by atoms with Crippen LogP contribution in [0.25, 0.3) is 0 Å². The number of carbonyl (C=O) groups excluding carboxylic acids is 2. The summed E-state index contributed by atoms with van der Waals surface area (Å²) < 4.78 is 36.0. The summed E-state index contributed by atoms with van der Waals surface area (Å²) in [5.74, 6) is 0.391. The maximum atomic E-state index is 14.0. The molecule has 2 N–H and O–H groups in total. The Balaban J connectivity index is 1.75. The van der Waals surface area contributed by atoms with E-state index in [0.717, 1.165) is 44.9 Å². The lowest BCUT2D eigenvalue weighted by atomic mass is 9.90. The van der Waals surface area contributed by atoms with Gasteiger partial charge in [-0.2, -0.15) is 0 Å². The van der Waals surface area contributed by atoms with Crippen molar-refractivity contribution in [3.8, 4) is 11.5 Å². The van der Waals surface area contributed by atoms with Crippen LogP contribution in [0.15, 0.2) is 47.4 Å². The third-order valence-corrected chi connectivity index (χ3v) is 8.10. The molecule has 0 aromatic heterocycles. The molecule has 1 aliphatic heterocycles. The Labute approximate surface area is 218 Å². The lowest BCUT2D eigenvalue weighted by Crippen LogP contribution is -2.51. The highest BCUT2D eigenvalue weighted by Crippen LogP contribution is 2.33. The van der Waals surface area contributed by atoms with Crippen LogP contribution in [-0.4, -0.2) is 69.4 Å². The number of primary sulfonamides is 1. The van der Waals surface area contributed by atoms with Crippen molar-refractivity contribution in [2.24, 2.45) is 5.14 Å². The molecule has 0 radical (unpaired) electrons. The van der Waals surface area contributed by atoms with Crippen LogP contribution in [-0.2, 0) is 10.0 Å². The fraction of sp³-hybridized carbons (Fsp3) is 0.481. The highest BCUT2D eigenvalue weighted by atomic mass is 32.2. The van der Waals surface area contributed by atoms with Gasteiger partial charge in [-0.05, 0) is 68.9 Å². The van der Waals surface area contributed by atoms with E-state index in [-0.39, 0.29) is 40.2 Å². The number of ether oxygens (including phenoxy) is 2. The maximum absolute atomic E-state index is 14.0. The first-order valence-corrected chi connectivity index (χ1v) is 14.3. The molecule has 0 unspecified atom stereocenters. The summed E-state index contributed by atoms with van der Waals surface area (Å²) in [5, 5.41) is 5.36. The number of para-hydroxylation sites is 1. The molecule has 0 bridgehead atoms. The van der Waals surface area contributed by atoms with Gasteiger partial charge in [0.15, 0.2) is 0 Å². The SMILES string of the molecule is COc1ccc(S(N)(=O)=O)cc1C(=O)N1CCCCCN(C)C(=O)c2ccccc2O[C@H]2CCCC[C@H]21. The first kappa shape index (κ1) is 26.9. The van der Waals surface area contributed by atoms with Gasteiger partial charge in [0.1, 0.15) is 17.6 Å². The Morgan fingerprint density at radius 1 is 1.03 bits per heavy atom. The number of fused-ring (bicyclic) bond motifs is 2. The highest BCUT2D eigenvalue weighted by molar-refractivity contribution is 7.89. The van der Waals surface area contributed by atoms with E-state index in [1.54, 1.807) is 29.0 Å². The Morgan fingerprint density at radius 3 is 2.51 bits per heavy atom. The second kappa shape index (κ2) is 11.5. The van der Waals surface area contributed by atoms with Crippen molar-refractivity contribution in [3.05, 3.63) is 53.6 Å². The molecule has 2 aromatic carbocycles. The van der Waals surface area contributed by atoms with Crippen molar-refractivity contribution >= 4 is 21.8 Å². The van der Waals surface area contributed by atoms with E-state index >= 15 is 0 Å². The normalized spacial score (nSPS) is 21.4. The van der Waals surface area contributed by atoms with Crippen molar-refractivity contribution < 1.29 is 27.5 Å². The molecule has 1 saturated carbocycles. The number of carbonyl (C=O) groups is 2. The van der Waals surface area contributed by atoms with E-state index in [0.29, 0.717) is 24.4 Å². The second-order valence-electron chi connectivity index (χ2n) is 9.70.